The normalized spacial score (nSPS) is 27.5. The fourth-order valence-electron chi connectivity index (χ4n) is 4.00. The number of nitrogens with two attached hydrogens (primary N) is 1. The molecule has 1 aliphatic heterocycles. The average Bonchev–Trinajstić information content (AvgIpc) is 3.35. The van der Waals surface area contributed by atoms with Gasteiger partial charge in [-0.1, -0.05) is 37.6 Å². The van der Waals surface area contributed by atoms with Crippen molar-refractivity contribution in [3.63, 3.8) is 0 Å². The zero-order valence-electron chi connectivity index (χ0n) is 13.4. The van der Waals surface area contributed by atoms with E-state index in [1.165, 1.54) is 57.2 Å². The highest BCUT2D eigenvalue weighted by molar-refractivity contribution is 5.31. The van der Waals surface area contributed by atoms with Crippen molar-refractivity contribution in [3.8, 4) is 0 Å². The Kier molecular flexibility index (Phi) is 4.97. The molecule has 3 rings (SSSR count). The van der Waals surface area contributed by atoms with Crippen LogP contribution in [-0.2, 0) is 0 Å². The van der Waals surface area contributed by atoms with Crippen LogP contribution in [0.5, 0.6) is 0 Å². The molecular weight excluding hydrogens is 256 g/mol. The second kappa shape index (κ2) is 6.93. The SMILES string of the molecule is CCCN1CCCCC(CN)C1c1cccc(C2CC2)c1. The maximum Gasteiger partial charge on any atom is 0.0388 e. The molecule has 1 saturated heterocycles. The molecule has 1 heterocycles. The summed E-state index contributed by atoms with van der Waals surface area (Å²) < 4.78 is 0. The van der Waals surface area contributed by atoms with Crippen molar-refractivity contribution in [1.82, 2.24) is 4.90 Å². The zero-order chi connectivity index (χ0) is 14.7. The smallest absolute Gasteiger partial charge is 0.0388 e. The van der Waals surface area contributed by atoms with Gasteiger partial charge in [0.25, 0.3) is 0 Å². The Hall–Kier alpha value is -0.860. The van der Waals surface area contributed by atoms with E-state index in [-0.39, 0.29) is 0 Å². The summed E-state index contributed by atoms with van der Waals surface area (Å²) in [7, 11) is 0. The van der Waals surface area contributed by atoms with Crippen molar-refractivity contribution in [1.29, 1.82) is 0 Å². The zero-order valence-corrected chi connectivity index (χ0v) is 13.4. The summed E-state index contributed by atoms with van der Waals surface area (Å²) in [4.78, 5) is 2.70. The van der Waals surface area contributed by atoms with Gasteiger partial charge in [0.2, 0.25) is 0 Å². The molecule has 2 unspecified atom stereocenters. The van der Waals surface area contributed by atoms with Gasteiger partial charge >= 0.3 is 0 Å². The Labute approximate surface area is 129 Å². The summed E-state index contributed by atoms with van der Waals surface area (Å²) in [5.41, 5.74) is 9.22. The molecule has 0 bridgehead atoms. The molecule has 0 spiro atoms. The Morgan fingerprint density at radius 1 is 1.14 bits per heavy atom. The van der Waals surface area contributed by atoms with E-state index >= 15 is 0 Å². The molecule has 21 heavy (non-hydrogen) atoms. The standard InChI is InChI=1S/C19H30N2/c1-2-11-21-12-4-3-6-18(14-20)19(21)17-8-5-7-16(13-17)15-9-10-15/h5,7-8,13,15,18-19H,2-4,6,9-12,14,20H2,1H3. The van der Waals surface area contributed by atoms with Gasteiger partial charge in [0.1, 0.15) is 0 Å². The highest BCUT2D eigenvalue weighted by Gasteiger charge is 2.31. The van der Waals surface area contributed by atoms with Crippen LogP contribution in [-0.4, -0.2) is 24.5 Å². The van der Waals surface area contributed by atoms with E-state index in [9.17, 15) is 0 Å². The van der Waals surface area contributed by atoms with Gasteiger partial charge in [0.15, 0.2) is 0 Å². The molecule has 116 valence electrons. The van der Waals surface area contributed by atoms with Gasteiger partial charge in [-0.2, -0.15) is 0 Å². The lowest BCUT2D eigenvalue weighted by atomic mass is 9.88. The van der Waals surface area contributed by atoms with E-state index in [1.807, 2.05) is 0 Å². The van der Waals surface area contributed by atoms with Crippen LogP contribution in [0.1, 0.15) is 68.5 Å². The molecule has 2 heteroatoms. The van der Waals surface area contributed by atoms with Crippen LogP contribution in [0.25, 0.3) is 0 Å². The summed E-state index contributed by atoms with van der Waals surface area (Å²) in [5.74, 6) is 1.46. The lowest BCUT2D eigenvalue weighted by Gasteiger charge is -2.35. The largest absolute Gasteiger partial charge is 0.330 e. The van der Waals surface area contributed by atoms with Crippen LogP contribution in [0, 0.1) is 5.92 Å². The fourth-order valence-corrected chi connectivity index (χ4v) is 4.00. The molecule has 2 nitrogen and oxygen atoms in total. The van der Waals surface area contributed by atoms with Crippen molar-refractivity contribution in [2.45, 2.75) is 57.4 Å². The lowest BCUT2D eigenvalue weighted by Crippen LogP contribution is -2.36. The van der Waals surface area contributed by atoms with E-state index in [2.05, 4.69) is 36.1 Å². The van der Waals surface area contributed by atoms with Crippen LogP contribution >= 0.6 is 0 Å². The number of hydrogen-bond acceptors (Lipinski definition) is 2. The molecule has 2 aliphatic rings. The van der Waals surface area contributed by atoms with Gasteiger partial charge in [-0.25, -0.2) is 0 Å². The molecule has 1 aliphatic carbocycles. The maximum absolute atomic E-state index is 6.14. The minimum Gasteiger partial charge on any atom is -0.330 e. The van der Waals surface area contributed by atoms with E-state index in [0.29, 0.717) is 12.0 Å². The minimum atomic E-state index is 0.538. The molecule has 0 aromatic heterocycles. The molecule has 1 saturated carbocycles. The second-order valence-electron chi connectivity index (χ2n) is 6.92. The summed E-state index contributed by atoms with van der Waals surface area (Å²) in [6.45, 7) is 5.55. The molecule has 0 amide bonds. The number of nitrogens with zero attached hydrogens (tertiary/aromatic N) is 1. The van der Waals surface area contributed by atoms with Crippen LogP contribution < -0.4 is 5.73 Å². The highest BCUT2D eigenvalue weighted by atomic mass is 15.2. The molecule has 0 radical (unpaired) electrons. The third kappa shape index (κ3) is 3.49. The summed E-state index contributed by atoms with van der Waals surface area (Å²) in [6, 6.07) is 9.95. The second-order valence-corrected chi connectivity index (χ2v) is 6.92. The van der Waals surface area contributed by atoms with Gasteiger partial charge in [-0.15, -0.1) is 0 Å². The molecule has 2 atom stereocenters. The third-order valence-electron chi connectivity index (χ3n) is 5.22. The monoisotopic (exact) mass is 286 g/mol. The Morgan fingerprint density at radius 2 is 1.95 bits per heavy atom. The predicted octanol–water partition coefficient (Wildman–Crippen LogP) is 4.08. The third-order valence-corrected chi connectivity index (χ3v) is 5.22. The first-order valence-corrected chi connectivity index (χ1v) is 8.87. The number of likely N-dealkylation sites (tertiary alicyclic amines) is 1. The summed E-state index contributed by atoms with van der Waals surface area (Å²) in [5, 5.41) is 0. The molecule has 2 fully saturated rings. The maximum atomic E-state index is 6.14. The van der Waals surface area contributed by atoms with Gasteiger partial charge in [0.05, 0.1) is 0 Å². The van der Waals surface area contributed by atoms with Crippen molar-refractivity contribution >= 4 is 0 Å². The summed E-state index contributed by atoms with van der Waals surface area (Å²) >= 11 is 0. The predicted molar refractivity (Wildman–Crippen MR) is 89.4 cm³/mol. The van der Waals surface area contributed by atoms with Crippen LogP contribution in [0.3, 0.4) is 0 Å². The van der Waals surface area contributed by atoms with Crippen molar-refractivity contribution in [2.24, 2.45) is 11.7 Å². The minimum absolute atomic E-state index is 0.538. The van der Waals surface area contributed by atoms with Crippen molar-refractivity contribution in [3.05, 3.63) is 35.4 Å². The fraction of sp³-hybridized carbons (Fsp3) is 0.684. The van der Waals surface area contributed by atoms with Crippen LogP contribution in [0.2, 0.25) is 0 Å². The van der Waals surface area contributed by atoms with Gasteiger partial charge in [0, 0.05) is 6.04 Å². The van der Waals surface area contributed by atoms with Crippen molar-refractivity contribution in [2.75, 3.05) is 19.6 Å². The number of benzene rings is 1. The lowest BCUT2D eigenvalue weighted by molar-refractivity contribution is 0.158. The summed E-state index contributed by atoms with van der Waals surface area (Å²) in [6.07, 6.45) is 7.95. The molecule has 2 N–H and O–H groups in total. The quantitative estimate of drug-likeness (QED) is 0.884. The first kappa shape index (κ1) is 15.1. The van der Waals surface area contributed by atoms with E-state index < -0.39 is 0 Å². The first-order valence-electron chi connectivity index (χ1n) is 8.87. The molecule has 1 aromatic rings. The van der Waals surface area contributed by atoms with E-state index in [0.717, 1.165) is 12.5 Å². The van der Waals surface area contributed by atoms with Crippen LogP contribution in [0.15, 0.2) is 24.3 Å². The van der Waals surface area contributed by atoms with E-state index in [1.54, 1.807) is 5.56 Å². The number of rotatable bonds is 5. The van der Waals surface area contributed by atoms with Crippen LogP contribution in [0.4, 0.5) is 0 Å². The van der Waals surface area contributed by atoms with Gasteiger partial charge in [-0.3, -0.25) is 4.90 Å². The average molecular weight is 286 g/mol. The van der Waals surface area contributed by atoms with Gasteiger partial charge in [-0.05, 0) is 74.7 Å². The Bertz CT molecular complexity index is 453. The molecule has 1 aromatic carbocycles. The topological polar surface area (TPSA) is 29.3 Å². The van der Waals surface area contributed by atoms with E-state index in [4.69, 9.17) is 5.73 Å². The Morgan fingerprint density at radius 3 is 2.67 bits per heavy atom. The first-order chi connectivity index (χ1) is 10.3. The highest BCUT2D eigenvalue weighted by Crippen LogP contribution is 2.42. The molecular formula is C19H30N2. The number of hydrogen-bond donors (Lipinski definition) is 1. The Balaban J connectivity index is 1.90. The van der Waals surface area contributed by atoms with Gasteiger partial charge < -0.3 is 5.73 Å². The van der Waals surface area contributed by atoms with Crippen molar-refractivity contribution < 1.29 is 0 Å².